The van der Waals surface area contributed by atoms with Crippen LogP contribution >= 0.6 is 0 Å². The maximum Gasteiger partial charge on any atom is 0.238 e. The lowest BCUT2D eigenvalue weighted by atomic mass is 9.69. The van der Waals surface area contributed by atoms with Gasteiger partial charge in [-0.2, -0.15) is 0 Å². The third kappa shape index (κ3) is 6.26. The maximum absolute atomic E-state index is 14.0. The topological polar surface area (TPSA) is 88.1 Å². The van der Waals surface area contributed by atoms with Crippen LogP contribution in [0.1, 0.15) is 55.7 Å². The van der Waals surface area contributed by atoms with Crippen LogP contribution in [-0.4, -0.2) is 43.3 Å². The minimum absolute atomic E-state index is 0.111. The lowest BCUT2D eigenvalue weighted by Gasteiger charge is -2.31. The fraction of sp³-hybridized carbons (Fsp3) is 0.385. The number of anilines is 3. The molecular weight excluding hydrogens is 576 g/mol. The number of nitrogens with one attached hydrogen (secondary N) is 1. The SMILES string of the molecule is CCC/C(=C\c1cc(C)c(O)c(C)c1)CC[C@H]1OC[C@H]2C1=C(COC)C[C@H]1C(=O)N(c3ccc(Nc4ccccc4)cc3)C(=O)[C@H]12. The van der Waals surface area contributed by atoms with E-state index in [2.05, 4.69) is 18.3 Å². The predicted molar refractivity (Wildman–Crippen MR) is 182 cm³/mol. The van der Waals surface area contributed by atoms with Crippen molar-refractivity contribution in [3.63, 3.8) is 0 Å². The van der Waals surface area contributed by atoms with Crippen molar-refractivity contribution in [3.8, 4) is 5.75 Å². The summed E-state index contributed by atoms with van der Waals surface area (Å²) in [5.74, 6) is -0.885. The van der Waals surface area contributed by atoms with Crippen LogP contribution in [0, 0.1) is 31.6 Å². The molecule has 3 aliphatic rings. The van der Waals surface area contributed by atoms with E-state index < -0.39 is 11.8 Å². The highest BCUT2D eigenvalue weighted by molar-refractivity contribution is 6.22. The molecule has 0 bridgehead atoms. The molecule has 2 amide bonds. The molecule has 3 aromatic carbocycles. The van der Waals surface area contributed by atoms with E-state index in [0.717, 1.165) is 59.3 Å². The van der Waals surface area contributed by atoms with Gasteiger partial charge in [0.25, 0.3) is 0 Å². The number of carbonyl (C=O) groups excluding carboxylic acids is 2. The third-order valence-corrected chi connectivity index (χ3v) is 9.70. The zero-order valence-corrected chi connectivity index (χ0v) is 27.2. The standard InChI is InChI=1S/C39H44N2O5/c1-5-9-26(20-27-18-24(2)37(42)25(3)19-27)12-17-34-35-28(22-45-4)21-32-36(33(35)23-46-34)39(44)41(38(32)43)31-15-13-30(14-16-31)40-29-10-7-6-8-11-29/h6-8,10-11,13-16,18-20,32-34,36,40,42H,5,9,12,17,21-23H2,1-4H3/b26-20+/t32-,33+,34-,36-/m1/s1. The number of para-hydroxylation sites is 1. The quantitative estimate of drug-likeness (QED) is 0.168. The number of phenolic OH excluding ortho intramolecular Hbond substituents is 1. The second kappa shape index (κ2) is 13.7. The van der Waals surface area contributed by atoms with Crippen LogP contribution < -0.4 is 10.2 Å². The zero-order chi connectivity index (χ0) is 32.4. The minimum Gasteiger partial charge on any atom is -0.507 e. The van der Waals surface area contributed by atoms with Crippen molar-refractivity contribution in [1.82, 2.24) is 0 Å². The lowest BCUT2D eigenvalue weighted by molar-refractivity contribution is -0.122. The highest BCUT2D eigenvalue weighted by Gasteiger charge is 2.57. The highest BCUT2D eigenvalue weighted by Crippen LogP contribution is 2.50. The number of hydrogen-bond donors (Lipinski definition) is 2. The Morgan fingerprint density at radius 2 is 1.67 bits per heavy atom. The lowest BCUT2D eigenvalue weighted by Crippen LogP contribution is -2.35. The van der Waals surface area contributed by atoms with Gasteiger partial charge in [0.05, 0.1) is 36.8 Å². The molecular formula is C39H44N2O5. The van der Waals surface area contributed by atoms with Gasteiger partial charge < -0.3 is 19.9 Å². The van der Waals surface area contributed by atoms with Gasteiger partial charge in [0.1, 0.15) is 5.75 Å². The van der Waals surface area contributed by atoms with Crippen molar-refractivity contribution in [1.29, 1.82) is 0 Å². The van der Waals surface area contributed by atoms with E-state index in [4.69, 9.17) is 9.47 Å². The Morgan fingerprint density at radius 3 is 2.35 bits per heavy atom. The van der Waals surface area contributed by atoms with Gasteiger partial charge in [0, 0.05) is 24.4 Å². The molecule has 0 saturated carbocycles. The molecule has 0 aromatic heterocycles. The molecule has 3 aromatic rings. The molecule has 0 radical (unpaired) electrons. The zero-order valence-electron chi connectivity index (χ0n) is 27.2. The molecule has 0 spiro atoms. The molecule has 240 valence electrons. The number of amides is 2. The average molecular weight is 621 g/mol. The number of methoxy groups -OCH3 is 1. The van der Waals surface area contributed by atoms with Crippen LogP contribution in [0.2, 0.25) is 0 Å². The number of ether oxygens (including phenoxy) is 2. The van der Waals surface area contributed by atoms with E-state index in [1.807, 2.05) is 80.6 Å². The average Bonchev–Trinajstić information content (AvgIpc) is 3.58. The Labute approximate surface area is 271 Å². The summed E-state index contributed by atoms with van der Waals surface area (Å²) in [6.45, 7) is 6.91. The molecule has 7 nitrogen and oxygen atoms in total. The van der Waals surface area contributed by atoms with E-state index in [9.17, 15) is 14.7 Å². The molecule has 4 atom stereocenters. The highest BCUT2D eigenvalue weighted by atomic mass is 16.5. The van der Waals surface area contributed by atoms with Crippen LogP contribution in [0.5, 0.6) is 5.75 Å². The number of carbonyl (C=O) groups is 2. The molecule has 6 rings (SSSR count). The Morgan fingerprint density at radius 1 is 0.978 bits per heavy atom. The summed E-state index contributed by atoms with van der Waals surface area (Å²) in [5, 5.41) is 13.6. The third-order valence-electron chi connectivity index (χ3n) is 9.70. The van der Waals surface area contributed by atoms with Crippen molar-refractivity contribution in [2.75, 3.05) is 30.5 Å². The van der Waals surface area contributed by atoms with Gasteiger partial charge in [-0.15, -0.1) is 0 Å². The van der Waals surface area contributed by atoms with Gasteiger partial charge in [0.15, 0.2) is 0 Å². The summed E-state index contributed by atoms with van der Waals surface area (Å²) in [7, 11) is 1.68. The number of phenols is 1. The summed E-state index contributed by atoms with van der Waals surface area (Å²) in [6, 6.07) is 21.4. The molecule has 2 heterocycles. The number of aryl methyl sites for hydroxylation is 2. The largest absolute Gasteiger partial charge is 0.507 e. The first-order valence-corrected chi connectivity index (χ1v) is 16.4. The Hall–Kier alpha value is -4.20. The first-order valence-electron chi connectivity index (χ1n) is 16.4. The summed E-state index contributed by atoms with van der Waals surface area (Å²) >= 11 is 0. The fourth-order valence-electron chi connectivity index (χ4n) is 7.63. The number of allylic oxidation sites excluding steroid dienone is 1. The molecule has 2 aliphatic heterocycles. The van der Waals surface area contributed by atoms with Gasteiger partial charge in [-0.25, -0.2) is 0 Å². The second-order valence-electron chi connectivity index (χ2n) is 12.9. The van der Waals surface area contributed by atoms with E-state index in [1.165, 1.54) is 16.0 Å². The molecule has 0 unspecified atom stereocenters. The Balaban J connectivity index is 1.20. The molecule has 1 aliphatic carbocycles. The van der Waals surface area contributed by atoms with Gasteiger partial charge in [-0.1, -0.05) is 43.2 Å². The summed E-state index contributed by atoms with van der Waals surface area (Å²) in [6.07, 6.45) is 6.33. The summed E-state index contributed by atoms with van der Waals surface area (Å²) < 4.78 is 12.1. The van der Waals surface area contributed by atoms with Gasteiger partial charge in [-0.3, -0.25) is 14.5 Å². The first kappa shape index (κ1) is 31.8. The number of imide groups is 1. The van der Waals surface area contributed by atoms with E-state index in [-0.39, 0.29) is 23.8 Å². The number of hydrogen-bond acceptors (Lipinski definition) is 6. The minimum atomic E-state index is -0.427. The van der Waals surface area contributed by atoms with E-state index in [1.54, 1.807) is 7.11 Å². The summed E-state index contributed by atoms with van der Waals surface area (Å²) in [4.78, 5) is 29.3. The predicted octanol–water partition coefficient (Wildman–Crippen LogP) is 7.88. The van der Waals surface area contributed by atoms with Gasteiger partial charge >= 0.3 is 0 Å². The van der Waals surface area contributed by atoms with Crippen molar-refractivity contribution < 1.29 is 24.2 Å². The Bertz CT molecular complexity index is 1640. The van der Waals surface area contributed by atoms with Crippen LogP contribution in [-0.2, 0) is 19.1 Å². The van der Waals surface area contributed by atoms with Gasteiger partial charge in [0.2, 0.25) is 11.8 Å². The van der Waals surface area contributed by atoms with Crippen molar-refractivity contribution in [3.05, 3.63) is 100 Å². The molecule has 2 saturated heterocycles. The summed E-state index contributed by atoms with van der Waals surface area (Å²) in [5.41, 5.74) is 8.91. The van der Waals surface area contributed by atoms with Crippen LogP contribution in [0.3, 0.4) is 0 Å². The molecule has 46 heavy (non-hydrogen) atoms. The Kier molecular flexibility index (Phi) is 9.43. The van der Waals surface area contributed by atoms with Crippen molar-refractivity contribution in [2.45, 2.75) is 59.0 Å². The first-order chi connectivity index (χ1) is 22.3. The number of aromatic hydroxyl groups is 1. The number of fused-ring (bicyclic) bond motifs is 3. The monoisotopic (exact) mass is 620 g/mol. The second-order valence-corrected chi connectivity index (χ2v) is 12.9. The van der Waals surface area contributed by atoms with E-state index in [0.29, 0.717) is 31.1 Å². The molecule has 7 heteroatoms. The van der Waals surface area contributed by atoms with Gasteiger partial charge in [-0.05, 0) is 116 Å². The number of rotatable bonds is 11. The number of nitrogens with zero attached hydrogens (tertiary/aromatic N) is 1. The van der Waals surface area contributed by atoms with Crippen molar-refractivity contribution in [2.24, 2.45) is 17.8 Å². The molecule has 2 fully saturated rings. The van der Waals surface area contributed by atoms with E-state index >= 15 is 0 Å². The van der Waals surface area contributed by atoms with Crippen molar-refractivity contribution >= 4 is 35.0 Å². The van der Waals surface area contributed by atoms with Crippen LogP contribution in [0.15, 0.2) is 83.4 Å². The normalized spacial score (nSPS) is 22.8. The smallest absolute Gasteiger partial charge is 0.238 e. The fourth-order valence-corrected chi connectivity index (χ4v) is 7.63. The van der Waals surface area contributed by atoms with Crippen LogP contribution in [0.25, 0.3) is 6.08 Å². The molecule has 2 N–H and O–H groups in total. The number of benzene rings is 3. The van der Waals surface area contributed by atoms with Crippen LogP contribution in [0.4, 0.5) is 17.1 Å². The maximum atomic E-state index is 14.0.